The molecule has 172 valence electrons. The van der Waals surface area contributed by atoms with E-state index in [-0.39, 0.29) is 35.5 Å². The molecule has 1 heterocycles. The summed E-state index contributed by atoms with van der Waals surface area (Å²) in [6.45, 7) is 1.25. The Morgan fingerprint density at radius 1 is 0.938 bits per heavy atom. The average Bonchev–Trinajstić information content (AvgIpc) is 3.10. The number of benzene rings is 1. The van der Waals surface area contributed by atoms with Crippen molar-refractivity contribution < 1.29 is 19.2 Å². The van der Waals surface area contributed by atoms with Crippen LogP contribution in [0.1, 0.15) is 44.1 Å². The molecule has 1 aromatic rings. The van der Waals surface area contributed by atoms with Crippen LogP contribution in [0.5, 0.6) is 0 Å². The van der Waals surface area contributed by atoms with Gasteiger partial charge in [-0.25, -0.2) is 0 Å². The SMILES string of the molecule is Nc1ccc(CCCC(=O)NCCNC(=O)C2CCC(CN3C(=O)C=CC3=O)CC2)cc1. The molecule has 8 heteroatoms. The van der Waals surface area contributed by atoms with E-state index in [0.717, 1.165) is 49.8 Å². The molecular formula is C24H32N4O4. The zero-order chi connectivity index (χ0) is 22.9. The fourth-order valence-corrected chi connectivity index (χ4v) is 4.23. The molecule has 1 saturated carbocycles. The predicted octanol–water partition coefficient (Wildman–Crippen LogP) is 1.56. The lowest BCUT2D eigenvalue weighted by atomic mass is 9.81. The molecule has 32 heavy (non-hydrogen) atoms. The van der Waals surface area contributed by atoms with Gasteiger partial charge in [0.1, 0.15) is 0 Å². The van der Waals surface area contributed by atoms with Gasteiger partial charge in [-0.15, -0.1) is 0 Å². The molecule has 0 radical (unpaired) electrons. The van der Waals surface area contributed by atoms with Gasteiger partial charge in [-0.05, 0) is 62.1 Å². The maximum Gasteiger partial charge on any atom is 0.253 e. The van der Waals surface area contributed by atoms with Crippen LogP contribution in [0.4, 0.5) is 5.69 Å². The molecule has 2 aliphatic rings. The van der Waals surface area contributed by atoms with Crippen molar-refractivity contribution in [2.24, 2.45) is 11.8 Å². The van der Waals surface area contributed by atoms with Gasteiger partial charge in [0.15, 0.2) is 0 Å². The van der Waals surface area contributed by atoms with Gasteiger partial charge in [0.2, 0.25) is 11.8 Å². The summed E-state index contributed by atoms with van der Waals surface area (Å²) in [4.78, 5) is 49.0. The lowest BCUT2D eigenvalue weighted by Crippen LogP contribution is -2.40. The Hall–Kier alpha value is -3.16. The fourth-order valence-electron chi connectivity index (χ4n) is 4.23. The second kappa shape index (κ2) is 11.5. The first-order valence-corrected chi connectivity index (χ1v) is 11.3. The minimum Gasteiger partial charge on any atom is -0.399 e. The first-order valence-electron chi connectivity index (χ1n) is 11.3. The lowest BCUT2D eigenvalue weighted by molar-refractivity contribution is -0.138. The summed E-state index contributed by atoms with van der Waals surface area (Å²) in [6.07, 6.45) is 7.77. The molecule has 0 aromatic heterocycles. The third kappa shape index (κ3) is 6.93. The molecule has 0 spiro atoms. The number of hydrogen-bond acceptors (Lipinski definition) is 5. The van der Waals surface area contributed by atoms with Crippen molar-refractivity contribution >= 4 is 29.3 Å². The van der Waals surface area contributed by atoms with Gasteiger partial charge in [-0.1, -0.05) is 12.1 Å². The summed E-state index contributed by atoms with van der Waals surface area (Å²) >= 11 is 0. The van der Waals surface area contributed by atoms with E-state index in [1.54, 1.807) is 0 Å². The van der Waals surface area contributed by atoms with Crippen LogP contribution in [0.2, 0.25) is 0 Å². The van der Waals surface area contributed by atoms with Crippen LogP contribution in [0.15, 0.2) is 36.4 Å². The maximum atomic E-state index is 12.4. The number of nitrogens with two attached hydrogens (primary N) is 1. The van der Waals surface area contributed by atoms with E-state index in [1.165, 1.54) is 17.1 Å². The molecule has 1 fully saturated rings. The summed E-state index contributed by atoms with van der Waals surface area (Å²) < 4.78 is 0. The minimum absolute atomic E-state index is 0.0102. The highest BCUT2D eigenvalue weighted by atomic mass is 16.2. The van der Waals surface area contributed by atoms with E-state index in [2.05, 4.69) is 10.6 Å². The average molecular weight is 441 g/mol. The first kappa shape index (κ1) is 23.5. The summed E-state index contributed by atoms with van der Waals surface area (Å²) in [7, 11) is 0. The van der Waals surface area contributed by atoms with Crippen molar-refractivity contribution in [1.29, 1.82) is 0 Å². The normalized spacial score (nSPS) is 20.4. The highest BCUT2D eigenvalue weighted by molar-refractivity contribution is 6.12. The molecule has 4 amide bonds. The molecule has 3 rings (SSSR count). The smallest absolute Gasteiger partial charge is 0.253 e. The third-order valence-corrected chi connectivity index (χ3v) is 6.15. The van der Waals surface area contributed by atoms with Crippen LogP contribution in [0.3, 0.4) is 0 Å². The van der Waals surface area contributed by atoms with E-state index in [0.29, 0.717) is 26.1 Å². The van der Waals surface area contributed by atoms with Crippen molar-refractivity contribution in [3.63, 3.8) is 0 Å². The van der Waals surface area contributed by atoms with E-state index in [4.69, 9.17) is 5.73 Å². The monoisotopic (exact) mass is 440 g/mol. The van der Waals surface area contributed by atoms with E-state index in [9.17, 15) is 19.2 Å². The largest absolute Gasteiger partial charge is 0.399 e. The Kier molecular flexibility index (Phi) is 8.41. The lowest BCUT2D eigenvalue weighted by Gasteiger charge is -2.30. The summed E-state index contributed by atoms with van der Waals surface area (Å²) in [6, 6.07) is 7.66. The molecule has 1 aromatic carbocycles. The number of aryl methyl sites for hydroxylation is 1. The summed E-state index contributed by atoms with van der Waals surface area (Å²) in [5.41, 5.74) is 7.55. The highest BCUT2D eigenvalue weighted by Gasteiger charge is 2.31. The second-order valence-electron chi connectivity index (χ2n) is 8.57. The summed E-state index contributed by atoms with van der Waals surface area (Å²) in [5, 5.41) is 5.75. The van der Waals surface area contributed by atoms with Crippen LogP contribution >= 0.6 is 0 Å². The molecule has 0 unspecified atom stereocenters. The minimum atomic E-state index is -0.248. The van der Waals surface area contributed by atoms with E-state index in [1.807, 2.05) is 24.3 Å². The van der Waals surface area contributed by atoms with E-state index < -0.39 is 0 Å². The quantitative estimate of drug-likeness (QED) is 0.290. The number of nitrogen functional groups attached to an aromatic ring is 1. The number of rotatable bonds is 10. The van der Waals surface area contributed by atoms with Gasteiger partial charge in [0.25, 0.3) is 11.8 Å². The summed E-state index contributed by atoms with van der Waals surface area (Å²) in [5.74, 6) is -0.305. The Balaban J connectivity index is 1.24. The molecule has 0 atom stereocenters. The Bertz CT molecular complexity index is 839. The number of carbonyl (C=O) groups is 4. The van der Waals surface area contributed by atoms with Gasteiger partial charge < -0.3 is 16.4 Å². The molecule has 0 bridgehead atoms. The maximum absolute atomic E-state index is 12.4. The van der Waals surface area contributed by atoms with Crippen LogP contribution < -0.4 is 16.4 Å². The predicted molar refractivity (Wildman–Crippen MR) is 121 cm³/mol. The number of nitrogens with zero attached hydrogens (tertiary/aromatic N) is 1. The Morgan fingerprint density at radius 3 is 2.22 bits per heavy atom. The van der Waals surface area contributed by atoms with Crippen molar-refractivity contribution in [2.45, 2.75) is 44.9 Å². The number of anilines is 1. The first-order chi connectivity index (χ1) is 15.4. The highest BCUT2D eigenvalue weighted by Crippen LogP contribution is 2.30. The van der Waals surface area contributed by atoms with Crippen molar-refractivity contribution in [3.05, 3.63) is 42.0 Å². The molecule has 8 nitrogen and oxygen atoms in total. The van der Waals surface area contributed by atoms with Gasteiger partial charge in [-0.2, -0.15) is 0 Å². The Labute approximate surface area is 188 Å². The van der Waals surface area contributed by atoms with Gasteiger partial charge in [-0.3, -0.25) is 24.1 Å². The molecule has 1 aliphatic heterocycles. The van der Waals surface area contributed by atoms with Crippen LogP contribution in [0.25, 0.3) is 0 Å². The van der Waals surface area contributed by atoms with Gasteiger partial charge in [0.05, 0.1) is 0 Å². The number of carbonyl (C=O) groups excluding carboxylic acids is 4. The zero-order valence-corrected chi connectivity index (χ0v) is 18.3. The number of amides is 4. The third-order valence-electron chi connectivity index (χ3n) is 6.15. The van der Waals surface area contributed by atoms with E-state index >= 15 is 0 Å². The molecular weight excluding hydrogens is 408 g/mol. The fraction of sp³-hybridized carbons (Fsp3) is 0.500. The van der Waals surface area contributed by atoms with Crippen LogP contribution in [-0.2, 0) is 25.6 Å². The molecule has 1 aliphatic carbocycles. The number of nitrogens with one attached hydrogen (secondary N) is 2. The second-order valence-corrected chi connectivity index (χ2v) is 8.57. The number of hydrogen-bond donors (Lipinski definition) is 3. The Morgan fingerprint density at radius 2 is 1.56 bits per heavy atom. The van der Waals surface area contributed by atoms with Gasteiger partial charge in [0, 0.05) is 49.8 Å². The zero-order valence-electron chi connectivity index (χ0n) is 18.3. The standard InChI is InChI=1S/C24H32N4O4/c25-20-10-6-17(7-11-20)2-1-3-21(29)26-14-15-27-24(32)19-8-4-18(5-9-19)16-28-22(30)12-13-23(28)31/h6-7,10-13,18-19H,1-5,8-9,14-16,25H2,(H,26,29)(H,27,32). The van der Waals surface area contributed by atoms with Crippen LogP contribution in [0, 0.1) is 11.8 Å². The molecule has 4 N–H and O–H groups in total. The number of imide groups is 1. The molecule has 0 saturated heterocycles. The van der Waals surface area contributed by atoms with Gasteiger partial charge >= 0.3 is 0 Å². The van der Waals surface area contributed by atoms with Crippen molar-refractivity contribution in [2.75, 3.05) is 25.4 Å². The topological polar surface area (TPSA) is 122 Å². The van der Waals surface area contributed by atoms with Crippen LogP contribution in [-0.4, -0.2) is 48.2 Å². The van der Waals surface area contributed by atoms with Crippen molar-refractivity contribution in [1.82, 2.24) is 15.5 Å². The van der Waals surface area contributed by atoms with Crippen molar-refractivity contribution in [3.8, 4) is 0 Å².